The molecule has 0 amide bonds. The Morgan fingerprint density at radius 3 is 2.38 bits per heavy atom. The van der Waals surface area contributed by atoms with Crippen molar-refractivity contribution < 1.29 is 9.90 Å². The Bertz CT molecular complexity index is 338. The Kier molecular flexibility index (Phi) is 6.06. The van der Waals surface area contributed by atoms with Gasteiger partial charge in [-0.3, -0.25) is 14.6 Å². The van der Waals surface area contributed by atoms with Crippen LogP contribution in [0.3, 0.4) is 0 Å². The first-order chi connectivity index (χ1) is 10.0. The molecule has 2 rings (SSSR count). The van der Waals surface area contributed by atoms with Crippen LogP contribution in [-0.4, -0.2) is 59.1 Å². The molecule has 1 heterocycles. The fraction of sp³-hybridized carbons (Fsp3) is 0.941. The lowest BCUT2D eigenvalue weighted by molar-refractivity contribution is -0.146. The summed E-state index contributed by atoms with van der Waals surface area (Å²) in [5, 5.41) is 9.56. The Morgan fingerprint density at radius 2 is 1.86 bits per heavy atom. The van der Waals surface area contributed by atoms with E-state index in [2.05, 4.69) is 30.6 Å². The second kappa shape index (κ2) is 7.59. The topological polar surface area (TPSA) is 43.8 Å². The number of hydrogen-bond donors (Lipinski definition) is 1. The Balaban J connectivity index is 1.98. The van der Waals surface area contributed by atoms with E-state index in [1.807, 2.05) is 0 Å². The summed E-state index contributed by atoms with van der Waals surface area (Å²) in [7, 11) is 0. The smallest absolute Gasteiger partial charge is 0.308 e. The van der Waals surface area contributed by atoms with Crippen LogP contribution in [-0.2, 0) is 4.79 Å². The predicted octanol–water partition coefficient (Wildman–Crippen LogP) is 2.68. The van der Waals surface area contributed by atoms with Crippen molar-refractivity contribution in [3.63, 3.8) is 0 Å². The van der Waals surface area contributed by atoms with Crippen molar-refractivity contribution in [1.82, 2.24) is 9.80 Å². The maximum absolute atomic E-state index is 11.6. The van der Waals surface area contributed by atoms with Crippen LogP contribution in [0.15, 0.2) is 0 Å². The van der Waals surface area contributed by atoms with E-state index in [0.29, 0.717) is 6.04 Å². The van der Waals surface area contributed by atoms with E-state index in [-0.39, 0.29) is 12.0 Å². The summed E-state index contributed by atoms with van der Waals surface area (Å²) in [5.41, 5.74) is 0. The van der Waals surface area contributed by atoms with E-state index < -0.39 is 5.97 Å². The highest BCUT2D eigenvalue weighted by Crippen LogP contribution is 2.35. The molecule has 122 valence electrons. The molecule has 0 aromatic heterocycles. The molecule has 4 heteroatoms. The van der Waals surface area contributed by atoms with Gasteiger partial charge in [-0.05, 0) is 39.0 Å². The van der Waals surface area contributed by atoms with E-state index in [9.17, 15) is 9.90 Å². The minimum Gasteiger partial charge on any atom is -0.481 e. The molecule has 21 heavy (non-hydrogen) atoms. The van der Waals surface area contributed by atoms with E-state index in [1.54, 1.807) is 0 Å². The van der Waals surface area contributed by atoms with Crippen molar-refractivity contribution in [3.05, 3.63) is 0 Å². The largest absolute Gasteiger partial charge is 0.481 e. The molecular formula is C17H32N2O2. The molecule has 2 aliphatic rings. The van der Waals surface area contributed by atoms with Gasteiger partial charge >= 0.3 is 5.97 Å². The molecule has 1 N–H and O–H groups in total. The molecule has 3 atom stereocenters. The SMILES string of the molecule is CCCC1CCC(C(=O)O)C(N2CCN(C(C)C)CC2)C1. The fourth-order valence-electron chi connectivity index (χ4n) is 4.18. The molecule has 4 nitrogen and oxygen atoms in total. The molecular weight excluding hydrogens is 264 g/mol. The third-order valence-electron chi connectivity index (χ3n) is 5.49. The van der Waals surface area contributed by atoms with Gasteiger partial charge in [0, 0.05) is 38.3 Å². The summed E-state index contributed by atoms with van der Waals surface area (Å²) >= 11 is 0. The molecule has 2 fully saturated rings. The molecule has 1 saturated heterocycles. The van der Waals surface area contributed by atoms with Crippen LogP contribution in [0.25, 0.3) is 0 Å². The van der Waals surface area contributed by atoms with Crippen molar-refractivity contribution >= 4 is 5.97 Å². The van der Waals surface area contributed by atoms with Crippen LogP contribution in [0.5, 0.6) is 0 Å². The zero-order valence-corrected chi connectivity index (χ0v) is 13.9. The summed E-state index contributed by atoms with van der Waals surface area (Å²) < 4.78 is 0. The van der Waals surface area contributed by atoms with Crippen LogP contribution >= 0.6 is 0 Å². The van der Waals surface area contributed by atoms with Gasteiger partial charge in [0.15, 0.2) is 0 Å². The van der Waals surface area contributed by atoms with Gasteiger partial charge in [0.25, 0.3) is 0 Å². The van der Waals surface area contributed by atoms with Crippen molar-refractivity contribution in [2.24, 2.45) is 11.8 Å². The molecule has 1 aliphatic carbocycles. The van der Waals surface area contributed by atoms with Crippen LogP contribution in [0.2, 0.25) is 0 Å². The molecule has 0 spiro atoms. The maximum Gasteiger partial charge on any atom is 0.308 e. The zero-order valence-electron chi connectivity index (χ0n) is 13.9. The van der Waals surface area contributed by atoms with Gasteiger partial charge in [-0.1, -0.05) is 19.8 Å². The van der Waals surface area contributed by atoms with E-state index in [0.717, 1.165) is 51.4 Å². The lowest BCUT2D eigenvalue weighted by atomic mass is 9.75. The first-order valence-electron chi connectivity index (χ1n) is 8.73. The van der Waals surface area contributed by atoms with Gasteiger partial charge in [-0.2, -0.15) is 0 Å². The Morgan fingerprint density at radius 1 is 1.19 bits per heavy atom. The maximum atomic E-state index is 11.6. The highest BCUT2D eigenvalue weighted by Gasteiger charge is 2.39. The van der Waals surface area contributed by atoms with Crippen molar-refractivity contribution in [2.45, 2.75) is 65.0 Å². The number of aliphatic carboxylic acids is 1. The summed E-state index contributed by atoms with van der Waals surface area (Å²) in [6.07, 6.45) is 5.54. The number of nitrogens with zero attached hydrogens (tertiary/aromatic N) is 2. The summed E-state index contributed by atoms with van der Waals surface area (Å²) in [6, 6.07) is 0.865. The molecule has 0 bridgehead atoms. The average Bonchev–Trinajstić information content (AvgIpc) is 2.47. The average molecular weight is 296 g/mol. The van der Waals surface area contributed by atoms with Crippen molar-refractivity contribution in [2.75, 3.05) is 26.2 Å². The van der Waals surface area contributed by atoms with Crippen LogP contribution in [0, 0.1) is 11.8 Å². The number of carboxylic acid groups (broad SMARTS) is 1. The first-order valence-corrected chi connectivity index (χ1v) is 8.73. The standard InChI is InChI=1S/C17H32N2O2/c1-4-5-14-6-7-15(17(20)21)16(12-14)19-10-8-18(9-11-19)13(2)3/h13-16H,4-12H2,1-3H3,(H,20,21). The van der Waals surface area contributed by atoms with Crippen molar-refractivity contribution in [3.8, 4) is 0 Å². The van der Waals surface area contributed by atoms with Crippen LogP contribution < -0.4 is 0 Å². The first kappa shape index (κ1) is 16.8. The zero-order chi connectivity index (χ0) is 15.4. The van der Waals surface area contributed by atoms with Gasteiger partial charge in [0.2, 0.25) is 0 Å². The second-order valence-electron chi connectivity index (χ2n) is 7.15. The molecule has 0 radical (unpaired) electrons. The highest BCUT2D eigenvalue weighted by molar-refractivity contribution is 5.71. The van der Waals surface area contributed by atoms with Gasteiger partial charge in [0.1, 0.15) is 0 Å². The molecule has 0 aromatic rings. The molecule has 1 aliphatic heterocycles. The second-order valence-corrected chi connectivity index (χ2v) is 7.15. The number of carbonyl (C=O) groups is 1. The highest BCUT2D eigenvalue weighted by atomic mass is 16.4. The van der Waals surface area contributed by atoms with Gasteiger partial charge in [-0.25, -0.2) is 0 Å². The number of carboxylic acids is 1. The Hall–Kier alpha value is -0.610. The third-order valence-corrected chi connectivity index (χ3v) is 5.49. The third kappa shape index (κ3) is 4.19. The van der Waals surface area contributed by atoms with Crippen LogP contribution in [0.1, 0.15) is 52.9 Å². The summed E-state index contributed by atoms with van der Waals surface area (Å²) in [5.74, 6) is 0.00340. The number of hydrogen-bond acceptors (Lipinski definition) is 3. The van der Waals surface area contributed by atoms with Crippen molar-refractivity contribution in [1.29, 1.82) is 0 Å². The summed E-state index contributed by atoms with van der Waals surface area (Å²) in [6.45, 7) is 11.0. The molecule has 0 aromatic carbocycles. The minimum atomic E-state index is -0.582. The lowest BCUT2D eigenvalue weighted by Gasteiger charge is -2.45. The molecule has 3 unspecified atom stereocenters. The number of rotatable bonds is 5. The lowest BCUT2D eigenvalue weighted by Crippen LogP contribution is -2.56. The van der Waals surface area contributed by atoms with Crippen LogP contribution in [0.4, 0.5) is 0 Å². The fourth-order valence-corrected chi connectivity index (χ4v) is 4.18. The quantitative estimate of drug-likeness (QED) is 0.847. The van der Waals surface area contributed by atoms with Gasteiger partial charge in [-0.15, -0.1) is 0 Å². The predicted molar refractivity (Wildman–Crippen MR) is 85.4 cm³/mol. The minimum absolute atomic E-state index is 0.149. The van der Waals surface area contributed by atoms with E-state index in [4.69, 9.17) is 0 Å². The summed E-state index contributed by atoms with van der Waals surface area (Å²) in [4.78, 5) is 16.6. The molecule has 1 saturated carbocycles. The Labute approximate surface area is 129 Å². The van der Waals surface area contributed by atoms with Gasteiger partial charge in [0.05, 0.1) is 5.92 Å². The van der Waals surface area contributed by atoms with E-state index in [1.165, 1.54) is 12.8 Å². The van der Waals surface area contributed by atoms with Gasteiger partial charge < -0.3 is 5.11 Å². The van der Waals surface area contributed by atoms with E-state index >= 15 is 0 Å². The monoisotopic (exact) mass is 296 g/mol. The normalized spacial score (nSPS) is 32.5. The number of piperazine rings is 1.